The number of nitrogens with one attached hydrogen (secondary N) is 2. The van der Waals surface area contributed by atoms with E-state index in [2.05, 4.69) is 26.2 Å². The maximum Gasteiger partial charge on any atom is 0.255 e. The van der Waals surface area contributed by atoms with Crippen LogP contribution in [0.15, 0.2) is 90.1 Å². The highest BCUT2D eigenvalue weighted by molar-refractivity contribution is 6.06. The number of amides is 1. The molecule has 1 unspecified atom stereocenters. The Morgan fingerprint density at radius 2 is 1.71 bits per heavy atom. The van der Waals surface area contributed by atoms with Crippen LogP contribution in [0, 0.1) is 0 Å². The predicted molar refractivity (Wildman–Crippen MR) is 131 cm³/mol. The van der Waals surface area contributed by atoms with Gasteiger partial charge in [0.05, 0.1) is 18.4 Å². The van der Waals surface area contributed by atoms with Gasteiger partial charge < -0.3 is 20.1 Å². The van der Waals surface area contributed by atoms with E-state index in [0.29, 0.717) is 41.0 Å². The number of aromatic nitrogens is 4. The topological polar surface area (TPSA) is 103 Å². The minimum Gasteiger partial charge on any atom is -0.495 e. The fourth-order valence-electron chi connectivity index (χ4n) is 4.10. The molecular weight excluding hydrogens is 444 g/mol. The van der Waals surface area contributed by atoms with Crippen molar-refractivity contribution in [3.8, 4) is 11.5 Å². The van der Waals surface area contributed by atoms with Crippen molar-refractivity contribution in [3.05, 3.63) is 101 Å². The number of ether oxygens (including phenoxy) is 2. The average molecular weight is 469 g/mol. The van der Waals surface area contributed by atoms with E-state index in [4.69, 9.17) is 9.47 Å². The first-order chi connectivity index (χ1) is 17.2. The highest BCUT2D eigenvalue weighted by Gasteiger charge is 2.36. The van der Waals surface area contributed by atoms with Gasteiger partial charge in [0.15, 0.2) is 0 Å². The molecule has 1 aliphatic rings. The summed E-state index contributed by atoms with van der Waals surface area (Å²) in [5.41, 5.74) is 3.48. The van der Waals surface area contributed by atoms with E-state index in [1.54, 1.807) is 23.9 Å². The van der Waals surface area contributed by atoms with Crippen molar-refractivity contribution in [2.45, 2.75) is 19.6 Å². The molecule has 3 aromatic carbocycles. The van der Waals surface area contributed by atoms with Crippen LogP contribution in [-0.2, 0) is 11.4 Å². The summed E-state index contributed by atoms with van der Waals surface area (Å²) >= 11 is 0. The van der Waals surface area contributed by atoms with E-state index < -0.39 is 6.04 Å². The Kier molecular flexibility index (Phi) is 6.13. The summed E-state index contributed by atoms with van der Waals surface area (Å²) in [6.45, 7) is 2.21. The molecule has 4 aromatic rings. The number of rotatable bonds is 7. The highest BCUT2D eigenvalue weighted by atomic mass is 16.5. The third-order valence-corrected chi connectivity index (χ3v) is 5.76. The Hall–Kier alpha value is -4.66. The van der Waals surface area contributed by atoms with Gasteiger partial charge in [0.25, 0.3) is 5.91 Å². The maximum atomic E-state index is 13.7. The van der Waals surface area contributed by atoms with Crippen molar-refractivity contribution < 1.29 is 14.3 Å². The molecule has 2 heterocycles. The number of nitrogens with zero attached hydrogens (tertiary/aromatic N) is 4. The minimum atomic E-state index is -0.608. The van der Waals surface area contributed by atoms with Crippen LogP contribution in [-0.4, -0.2) is 33.2 Å². The molecule has 176 valence electrons. The second-order valence-corrected chi connectivity index (χ2v) is 7.98. The van der Waals surface area contributed by atoms with Gasteiger partial charge in [-0.15, -0.1) is 0 Å². The number of allylic oxidation sites excluding steroid dienone is 1. The van der Waals surface area contributed by atoms with E-state index in [0.717, 1.165) is 11.1 Å². The molecule has 0 bridgehead atoms. The van der Waals surface area contributed by atoms with Crippen LogP contribution in [0.4, 0.5) is 11.6 Å². The quantitative estimate of drug-likeness (QED) is 0.419. The van der Waals surface area contributed by atoms with Crippen molar-refractivity contribution in [1.82, 2.24) is 20.2 Å². The molecule has 9 heteroatoms. The molecule has 0 saturated heterocycles. The number of carbonyl (C=O) groups is 1. The van der Waals surface area contributed by atoms with Crippen molar-refractivity contribution in [3.63, 3.8) is 0 Å². The molecule has 1 atom stereocenters. The molecule has 1 aromatic heterocycles. The Balaban J connectivity index is 1.53. The number of hydrogen-bond acceptors (Lipinski definition) is 7. The van der Waals surface area contributed by atoms with Crippen LogP contribution in [0.3, 0.4) is 0 Å². The number of carbonyl (C=O) groups excluding carboxylic acids is 1. The first-order valence-corrected chi connectivity index (χ1v) is 11.1. The van der Waals surface area contributed by atoms with Crippen LogP contribution in [0.1, 0.15) is 24.1 Å². The third kappa shape index (κ3) is 4.43. The summed E-state index contributed by atoms with van der Waals surface area (Å²) in [4.78, 5) is 13.7. The Bertz CT molecular complexity index is 1380. The molecular formula is C26H24N6O3. The molecule has 35 heavy (non-hydrogen) atoms. The second-order valence-electron chi connectivity index (χ2n) is 7.98. The lowest BCUT2D eigenvalue weighted by molar-refractivity contribution is -0.113. The Morgan fingerprint density at radius 1 is 1.00 bits per heavy atom. The molecule has 0 spiro atoms. The zero-order chi connectivity index (χ0) is 24.2. The summed E-state index contributed by atoms with van der Waals surface area (Å²) in [7, 11) is 1.56. The summed E-state index contributed by atoms with van der Waals surface area (Å²) in [5, 5.41) is 18.2. The summed E-state index contributed by atoms with van der Waals surface area (Å²) in [6, 6.07) is 24.2. The second kappa shape index (κ2) is 9.68. The number of anilines is 2. The van der Waals surface area contributed by atoms with Crippen LogP contribution in [0.5, 0.6) is 11.5 Å². The van der Waals surface area contributed by atoms with Gasteiger partial charge in [0, 0.05) is 11.3 Å². The van der Waals surface area contributed by atoms with Crippen LogP contribution < -0.4 is 20.1 Å². The third-order valence-electron chi connectivity index (χ3n) is 5.76. The van der Waals surface area contributed by atoms with Crippen molar-refractivity contribution >= 4 is 17.5 Å². The van der Waals surface area contributed by atoms with Gasteiger partial charge in [-0.1, -0.05) is 65.8 Å². The largest absolute Gasteiger partial charge is 0.495 e. The predicted octanol–water partition coefficient (Wildman–Crippen LogP) is 4.19. The van der Waals surface area contributed by atoms with Crippen molar-refractivity contribution in [1.29, 1.82) is 0 Å². The van der Waals surface area contributed by atoms with Gasteiger partial charge >= 0.3 is 0 Å². The summed E-state index contributed by atoms with van der Waals surface area (Å²) in [5.74, 6) is 1.34. The van der Waals surface area contributed by atoms with Crippen LogP contribution in [0.25, 0.3) is 0 Å². The van der Waals surface area contributed by atoms with Gasteiger partial charge in [0.2, 0.25) is 5.95 Å². The Labute approximate surface area is 202 Å². The molecule has 0 saturated carbocycles. The fourth-order valence-corrected chi connectivity index (χ4v) is 4.10. The lowest BCUT2D eigenvalue weighted by Crippen LogP contribution is -2.32. The molecule has 9 nitrogen and oxygen atoms in total. The standard InChI is InChI=1S/C26H24N6O3/c1-17-23(25(33)28-20-13-7-9-15-22(20)34-2)24(32-26(27-17)29-30-31-32)19-12-6-8-14-21(19)35-16-18-10-4-3-5-11-18/h3-15,24H,16H2,1-2H3,(H,28,33)(H,27,29,31). The van der Waals surface area contributed by atoms with Crippen LogP contribution in [0.2, 0.25) is 0 Å². The number of tetrazole rings is 1. The van der Waals surface area contributed by atoms with E-state index >= 15 is 0 Å². The summed E-state index contributed by atoms with van der Waals surface area (Å²) in [6.07, 6.45) is 0. The monoisotopic (exact) mass is 468 g/mol. The normalized spacial score (nSPS) is 14.6. The van der Waals surface area contributed by atoms with Crippen molar-refractivity contribution in [2.24, 2.45) is 0 Å². The van der Waals surface area contributed by atoms with Gasteiger partial charge in [0.1, 0.15) is 24.1 Å². The van der Waals surface area contributed by atoms with E-state index in [9.17, 15) is 4.79 Å². The van der Waals surface area contributed by atoms with E-state index in [1.807, 2.05) is 73.7 Å². The fraction of sp³-hybridized carbons (Fsp3) is 0.154. The van der Waals surface area contributed by atoms with Gasteiger partial charge in [-0.05, 0) is 41.1 Å². The smallest absolute Gasteiger partial charge is 0.255 e. The van der Waals surface area contributed by atoms with Crippen LogP contribution >= 0.6 is 0 Å². The number of hydrogen-bond donors (Lipinski definition) is 2. The lowest BCUT2D eigenvalue weighted by Gasteiger charge is -2.29. The molecule has 0 aliphatic carbocycles. The number of para-hydroxylation sites is 3. The first kappa shape index (κ1) is 22.1. The summed E-state index contributed by atoms with van der Waals surface area (Å²) < 4.78 is 13.2. The molecule has 1 aliphatic heterocycles. The maximum absolute atomic E-state index is 13.7. The minimum absolute atomic E-state index is 0.302. The zero-order valence-corrected chi connectivity index (χ0v) is 19.3. The SMILES string of the molecule is COc1ccccc1NC(=O)C1=C(C)Nc2nnnn2C1c1ccccc1OCc1ccccc1. The van der Waals surface area contributed by atoms with Gasteiger partial charge in [-0.3, -0.25) is 4.79 Å². The number of fused-ring (bicyclic) bond motifs is 1. The first-order valence-electron chi connectivity index (χ1n) is 11.1. The van der Waals surface area contributed by atoms with E-state index in [1.165, 1.54) is 0 Å². The molecule has 2 N–H and O–H groups in total. The van der Waals surface area contributed by atoms with Gasteiger partial charge in [-0.25, -0.2) is 0 Å². The van der Waals surface area contributed by atoms with Crippen molar-refractivity contribution in [2.75, 3.05) is 17.7 Å². The molecule has 5 rings (SSSR count). The zero-order valence-electron chi connectivity index (χ0n) is 19.3. The number of benzene rings is 3. The molecule has 0 fully saturated rings. The van der Waals surface area contributed by atoms with E-state index in [-0.39, 0.29) is 5.91 Å². The average Bonchev–Trinajstić information content (AvgIpc) is 3.36. The molecule has 1 amide bonds. The highest BCUT2D eigenvalue weighted by Crippen LogP contribution is 2.39. The lowest BCUT2D eigenvalue weighted by atomic mass is 9.94. The Morgan fingerprint density at radius 3 is 2.51 bits per heavy atom. The molecule has 0 radical (unpaired) electrons. The number of methoxy groups -OCH3 is 1. The van der Waals surface area contributed by atoms with Gasteiger partial charge in [-0.2, -0.15) is 4.68 Å².